The SMILES string of the molecule is O=C(NCc1ccccc1CO)NCc1ccccc1-n1cccn1. The number of nitrogens with one attached hydrogen (secondary N) is 2. The zero-order valence-corrected chi connectivity index (χ0v) is 13.7. The lowest BCUT2D eigenvalue weighted by atomic mass is 10.1. The fraction of sp³-hybridized carbons (Fsp3) is 0.158. The Morgan fingerprint density at radius 1 is 0.920 bits per heavy atom. The number of hydrogen-bond acceptors (Lipinski definition) is 3. The molecule has 1 aromatic heterocycles. The Balaban J connectivity index is 1.58. The lowest BCUT2D eigenvalue weighted by Gasteiger charge is -2.12. The zero-order chi connectivity index (χ0) is 17.5. The molecule has 3 aromatic rings. The first kappa shape index (κ1) is 16.7. The van der Waals surface area contributed by atoms with Crippen molar-refractivity contribution in [3.63, 3.8) is 0 Å². The molecule has 0 unspecified atom stereocenters. The first-order valence-electron chi connectivity index (χ1n) is 8.05. The monoisotopic (exact) mass is 336 g/mol. The molecular weight excluding hydrogens is 316 g/mol. The average Bonchev–Trinajstić information content (AvgIpc) is 3.19. The van der Waals surface area contributed by atoms with Gasteiger partial charge in [0.1, 0.15) is 0 Å². The van der Waals surface area contributed by atoms with E-state index in [1.165, 1.54) is 0 Å². The second-order valence-electron chi connectivity index (χ2n) is 5.54. The summed E-state index contributed by atoms with van der Waals surface area (Å²) < 4.78 is 1.77. The standard InChI is InChI=1S/C19H20N4O2/c24-14-17-8-2-1-6-15(17)12-20-19(25)21-13-16-7-3-4-9-18(16)23-11-5-10-22-23/h1-11,24H,12-14H2,(H2,20,21,25). The van der Waals surface area contributed by atoms with E-state index in [4.69, 9.17) is 0 Å². The van der Waals surface area contributed by atoms with Crippen molar-refractivity contribution in [1.29, 1.82) is 0 Å². The average molecular weight is 336 g/mol. The first-order valence-corrected chi connectivity index (χ1v) is 8.05. The molecule has 0 aliphatic heterocycles. The highest BCUT2D eigenvalue weighted by molar-refractivity contribution is 5.74. The third-order valence-electron chi connectivity index (χ3n) is 3.91. The number of carbonyl (C=O) groups is 1. The van der Waals surface area contributed by atoms with Crippen LogP contribution in [0, 0.1) is 0 Å². The summed E-state index contributed by atoms with van der Waals surface area (Å²) in [5.74, 6) is 0. The van der Waals surface area contributed by atoms with Crippen molar-refractivity contribution < 1.29 is 9.90 Å². The number of hydrogen-bond donors (Lipinski definition) is 3. The van der Waals surface area contributed by atoms with E-state index in [0.717, 1.165) is 22.4 Å². The molecule has 0 bridgehead atoms. The molecule has 1 heterocycles. The summed E-state index contributed by atoms with van der Waals surface area (Å²) in [7, 11) is 0. The lowest BCUT2D eigenvalue weighted by molar-refractivity contribution is 0.239. The second kappa shape index (κ2) is 8.12. The minimum Gasteiger partial charge on any atom is -0.392 e. The maximum absolute atomic E-state index is 12.1. The number of aliphatic hydroxyl groups is 1. The van der Waals surface area contributed by atoms with Gasteiger partial charge < -0.3 is 15.7 Å². The number of aliphatic hydroxyl groups excluding tert-OH is 1. The van der Waals surface area contributed by atoms with Gasteiger partial charge in [-0.2, -0.15) is 5.10 Å². The van der Waals surface area contributed by atoms with Gasteiger partial charge in [0, 0.05) is 25.5 Å². The molecule has 0 spiro atoms. The van der Waals surface area contributed by atoms with E-state index in [2.05, 4.69) is 15.7 Å². The van der Waals surface area contributed by atoms with Gasteiger partial charge in [0.15, 0.2) is 0 Å². The van der Waals surface area contributed by atoms with E-state index in [0.29, 0.717) is 13.1 Å². The maximum Gasteiger partial charge on any atom is 0.315 e. The van der Waals surface area contributed by atoms with Crippen LogP contribution in [0.4, 0.5) is 4.79 Å². The molecule has 0 aliphatic rings. The summed E-state index contributed by atoms with van der Waals surface area (Å²) in [4.78, 5) is 12.1. The fourth-order valence-corrected chi connectivity index (χ4v) is 2.59. The second-order valence-corrected chi connectivity index (χ2v) is 5.54. The van der Waals surface area contributed by atoms with Gasteiger partial charge in [-0.05, 0) is 28.8 Å². The third-order valence-corrected chi connectivity index (χ3v) is 3.91. The predicted molar refractivity (Wildman–Crippen MR) is 95.0 cm³/mol. The molecule has 2 aromatic carbocycles. The molecule has 128 valence electrons. The number of urea groups is 1. The predicted octanol–water partition coefficient (Wildman–Crippen LogP) is 2.36. The topological polar surface area (TPSA) is 79.2 Å². The van der Waals surface area contributed by atoms with Crippen molar-refractivity contribution >= 4 is 6.03 Å². The summed E-state index contributed by atoms with van der Waals surface area (Å²) in [6.07, 6.45) is 3.58. The van der Waals surface area contributed by atoms with Gasteiger partial charge >= 0.3 is 6.03 Å². The van der Waals surface area contributed by atoms with Crippen molar-refractivity contribution in [2.24, 2.45) is 0 Å². The number of aromatic nitrogens is 2. The molecule has 0 radical (unpaired) electrons. The summed E-state index contributed by atoms with van der Waals surface area (Å²) in [6, 6.07) is 16.9. The maximum atomic E-state index is 12.1. The number of rotatable bonds is 6. The van der Waals surface area contributed by atoms with E-state index in [-0.39, 0.29) is 12.6 Å². The lowest BCUT2D eigenvalue weighted by Crippen LogP contribution is -2.35. The van der Waals surface area contributed by atoms with Crippen molar-refractivity contribution in [3.05, 3.63) is 83.7 Å². The Morgan fingerprint density at radius 3 is 2.24 bits per heavy atom. The van der Waals surface area contributed by atoms with Crippen molar-refractivity contribution in [2.75, 3.05) is 0 Å². The highest BCUT2D eigenvalue weighted by Crippen LogP contribution is 2.13. The van der Waals surface area contributed by atoms with E-state index in [9.17, 15) is 9.90 Å². The summed E-state index contributed by atoms with van der Waals surface area (Å²) in [6.45, 7) is 0.712. The van der Waals surface area contributed by atoms with Crippen LogP contribution in [0.25, 0.3) is 5.69 Å². The summed E-state index contributed by atoms with van der Waals surface area (Å²) in [5, 5.41) is 19.2. The van der Waals surface area contributed by atoms with E-state index < -0.39 is 0 Å². The van der Waals surface area contributed by atoms with Crippen LogP contribution in [0.15, 0.2) is 67.0 Å². The third kappa shape index (κ3) is 4.24. The quantitative estimate of drug-likeness (QED) is 0.646. The molecule has 0 atom stereocenters. The Bertz CT molecular complexity index is 831. The van der Waals surface area contributed by atoms with Crippen molar-refractivity contribution in [3.8, 4) is 5.69 Å². The molecule has 2 amide bonds. The highest BCUT2D eigenvalue weighted by Gasteiger charge is 2.07. The van der Waals surface area contributed by atoms with Crippen molar-refractivity contribution in [2.45, 2.75) is 19.7 Å². The minimum atomic E-state index is -0.261. The Labute approximate surface area is 146 Å². The number of carbonyl (C=O) groups excluding carboxylic acids is 1. The van der Waals surface area contributed by atoms with E-state index in [1.54, 1.807) is 10.9 Å². The van der Waals surface area contributed by atoms with Gasteiger partial charge in [-0.15, -0.1) is 0 Å². The largest absolute Gasteiger partial charge is 0.392 e. The Hall–Kier alpha value is -3.12. The molecule has 0 fully saturated rings. The molecule has 0 saturated heterocycles. The van der Waals surface area contributed by atoms with Gasteiger partial charge in [-0.25, -0.2) is 9.48 Å². The molecule has 6 nitrogen and oxygen atoms in total. The van der Waals surface area contributed by atoms with Crippen LogP contribution in [0.3, 0.4) is 0 Å². The van der Waals surface area contributed by atoms with Crippen LogP contribution < -0.4 is 10.6 Å². The molecule has 3 rings (SSSR count). The molecule has 6 heteroatoms. The van der Waals surface area contributed by atoms with Crippen LogP contribution in [-0.2, 0) is 19.7 Å². The van der Waals surface area contributed by atoms with E-state index >= 15 is 0 Å². The molecule has 0 aliphatic carbocycles. The fourth-order valence-electron chi connectivity index (χ4n) is 2.59. The molecule has 0 saturated carbocycles. The molecular formula is C19H20N4O2. The van der Waals surface area contributed by atoms with Crippen molar-refractivity contribution in [1.82, 2.24) is 20.4 Å². The summed E-state index contributed by atoms with van der Waals surface area (Å²) >= 11 is 0. The number of para-hydroxylation sites is 1. The number of nitrogens with zero attached hydrogens (tertiary/aromatic N) is 2. The van der Waals surface area contributed by atoms with Gasteiger partial charge in [0.2, 0.25) is 0 Å². The Morgan fingerprint density at radius 2 is 1.56 bits per heavy atom. The van der Waals surface area contributed by atoms with Gasteiger partial charge in [0.05, 0.1) is 12.3 Å². The van der Waals surface area contributed by atoms with Crippen LogP contribution in [0.1, 0.15) is 16.7 Å². The van der Waals surface area contributed by atoms with Crippen LogP contribution in [0.5, 0.6) is 0 Å². The summed E-state index contributed by atoms with van der Waals surface area (Å²) in [5.41, 5.74) is 3.61. The smallest absolute Gasteiger partial charge is 0.315 e. The zero-order valence-electron chi connectivity index (χ0n) is 13.7. The Kier molecular flexibility index (Phi) is 5.43. The van der Waals surface area contributed by atoms with Gasteiger partial charge in [-0.3, -0.25) is 0 Å². The van der Waals surface area contributed by atoms with Crippen LogP contribution in [-0.4, -0.2) is 20.9 Å². The number of amides is 2. The van der Waals surface area contributed by atoms with Gasteiger partial charge in [0.25, 0.3) is 0 Å². The minimum absolute atomic E-state index is 0.0449. The highest BCUT2D eigenvalue weighted by atomic mass is 16.3. The number of benzene rings is 2. The molecule has 3 N–H and O–H groups in total. The first-order chi connectivity index (χ1) is 12.3. The van der Waals surface area contributed by atoms with E-state index in [1.807, 2.05) is 60.8 Å². The normalized spacial score (nSPS) is 10.4. The van der Waals surface area contributed by atoms with Crippen LogP contribution in [0.2, 0.25) is 0 Å². The van der Waals surface area contributed by atoms with Gasteiger partial charge in [-0.1, -0.05) is 42.5 Å². The van der Waals surface area contributed by atoms with Crippen LogP contribution >= 0.6 is 0 Å². The molecule has 25 heavy (non-hydrogen) atoms.